The van der Waals surface area contributed by atoms with Gasteiger partial charge in [0.15, 0.2) is 5.96 Å². The Bertz CT molecular complexity index is 657. The molecule has 1 unspecified atom stereocenters. The largest absolute Gasteiger partial charge is 0.377 e. The van der Waals surface area contributed by atoms with Crippen molar-refractivity contribution in [3.05, 3.63) is 41.5 Å². The number of anilines is 1. The van der Waals surface area contributed by atoms with Gasteiger partial charge in [-0.05, 0) is 31.4 Å². The van der Waals surface area contributed by atoms with Gasteiger partial charge in [0, 0.05) is 32.7 Å². The number of ether oxygens (including phenoxy) is 1. The lowest BCUT2D eigenvalue weighted by Crippen LogP contribution is -2.45. The molecule has 7 heteroatoms. The summed E-state index contributed by atoms with van der Waals surface area (Å²) < 4.78 is 33.2. The first-order valence-corrected chi connectivity index (χ1v) is 9.09. The van der Waals surface area contributed by atoms with E-state index in [4.69, 9.17) is 4.74 Å². The van der Waals surface area contributed by atoms with Crippen molar-refractivity contribution in [1.82, 2.24) is 10.6 Å². The number of benzene rings is 1. The molecule has 5 nitrogen and oxygen atoms in total. The number of halogens is 2. The van der Waals surface area contributed by atoms with Crippen molar-refractivity contribution in [2.24, 2.45) is 4.99 Å². The minimum Gasteiger partial charge on any atom is -0.377 e. The molecule has 0 amide bonds. The van der Waals surface area contributed by atoms with Crippen LogP contribution in [0.5, 0.6) is 0 Å². The van der Waals surface area contributed by atoms with Gasteiger partial charge in [-0.2, -0.15) is 0 Å². The average molecular weight is 364 g/mol. The maximum atomic E-state index is 13.9. The van der Waals surface area contributed by atoms with Gasteiger partial charge in [-0.15, -0.1) is 0 Å². The molecule has 142 valence electrons. The maximum Gasteiger partial charge on any atom is 0.191 e. The summed E-state index contributed by atoms with van der Waals surface area (Å²) in [5.41, 5.74) is 1.47. The SMILES string of the molecule is CN=C(NCCC1=CCOCC1)NC1CCN(c2c(F)cccc2F)C1. The Kier molecular flexibility index (Phi) is 6.44. The molecule has 0 radical (unpaired) electrons. The van der Waals surface area contributed by atoms with Crippen LogP contribution in [0, 0.1) is 11.6 Å². The lowest BCUT2D eigenvalue weighted by Gasteiger charge is -2.21. The second kappa shape index (κ2) is 8.98. The van der Waals surface area contributed by atoms with Gasteiger partial charge in [-0.25, -0.2) is 8.78 Å². The van der Waals surface area contributed by atoms with Crippen LogP contribution in [0.1, 0.15) is 19.3 Å². The van der Waals surface area contributed by atoms with Gasteiger partial charge in [-0.1, -0.05) is 17.7 Å². The molecule has 2 heterocycles. The standard InChI is InChI=1S/C19H26F2N4O/c1-22-19(23-9-5-14-7-11-26-12-8-14)24-15-6-10-25(13-15)18-16(20)3-2-4-17(18)21/h2-4,7,15H,5-6,8-13H2,1H3,(H2,22,23,24). The van der Waals surface area contributed by atoms with Crippen LogP contribution in [0.25, 0.3) is 0 Å². The highest BCUT2D eigenvalue weighted by Crippen LogP contribution is 2.26. The van der Waals surface area contributed by atoms with Crippen molar-refractivity contribution >= 4 is 11.6 Å². The summed E-state index contributed by atoms with van der Waals surface area (Å²) in [6.07, 6.45) is 4.89. The van der Waals surface area contributed by atoms with Crippen molar-refractivity contribution in [1.29, 1.82) is 0 Å². The van der Waals surface area contributed by atoms with E-state index in [1.165, 1.54) is 23.8 Å². The number of rotatable bonds is 5. The Morgan fingerprint density at radius 1 is 1.35 bits per heavy atom. The molecule has 0 aromatic heterocycles. The lowest BCUT2D eigenvalue weighted by atomic mass is 10.1. The van der Waals surface area contributed by atoms with E-state index in [1.54, 1.807) is 11.9 Å². The van der Waals surface area contributed by atoms with Crippen LogP contribution >= 0.6 is 0 Å². The third kappa shape index (κ3) is 4.72. The second-order valence-electron chi connectivity index (χ2n) is 6.58. The van der Waals surface area contributed by atoms with Crippen LogP contribution in [0.15, 0.2) is 34.8 Å². The van der Waals surface area contributed by atoms with E-state index in [2.05, 4.69) is 21.7 Å². The summed E-state index contributed by atoms with van der Waals surface area (Å²) in [6.45, 7) is 3.44. The van der Waals surface area contributed by atoms with Gasteiger partial charge in [0.05, 0.1) is 13.2 Å². The van der Waals surface area contributed by atoms with Gasteiger partial charge < -0.3 is 20.3 Å². The van der Waals surface area contributed by atoms with Crippen LogP contribution in [0.2, 0.25) is 0 Å². The molecule has 1 saturated heterocycles. The predicted octanol–water partition coefficient (Wildman–Crippen LogP) is 2.45. The lowest BCUT2D eigenvalue weighted by molar-refractivity contribution is 0.153. The summed E-state index contributed by atoms with van der Waals surface area (Å²) in [4.78, 5) is 6.00. The van der Waals surface area contributed by atoms with E-state index >= 15 is 0 Å². The maximum absolute atomic E-state index is 13.9. The Balaban J connectivity index is 1.48. The van der Waals surface area contributed by atoms with Gasteiger partial charge in [0.2, 0.25) is 0 Å². The van der Waals surface area contributed by atoms with Crippen molar-refractivity contribution in [3.63, 3.8) is 0 Å². The number of guanidine groups is 1. The average Bonchev–Trinajstić information content (AvgIpc) is 3.09. The van der Waals surface area contributed by atoms with Gasteiger partial charge in [-0.3, -0.25) is 4.99 Å². The van der Waals surface area contributed by atoms with Crippen molar-refractivity contribution in [2.75, 3.05) is 44.8 Å². The Morgan fingerprint density at radius 2 is 2.15 bits per heavy atom. The molecule has 0 spiro atoms. The monoisotopic (exact) mass is 364 g/mol. The normalized spacial score (nSPS) is 20.9. The molecule has 1 fully saturated rings. The highest BCUT2D eigenvalue weighted by Gasteiger charge is 2.27. The van der Waals surface area contributed by atoms with E-state index in [1.807, 2.05) is 0 Å². The number of aliphatic imine (C=N–C) groups is 1. The smallest absolute Gasteiger partial charge is 0.191 e. The zero-order valence-electron chi connectivity index (χ0n) is 15.1. The van der Waals surface area contributed by atoms with Crippen LogP contribution in [-0.4, -0.2) is 51.9 Å². The Hall–Kier alpha value is -2.15. The first-order valence-electron chi connectivity index (χ1n) is 9.09. The molecule has 2 N–H and O–H groups in total. The van der Waals surface area contributed by atoms with Gasteiger partial charge in [0.1, 0.15) is 17.3 Å². The Morgan fingerprint density at radius 3 is 2.85 bits per heavy atom. The van der Waals surface area contributed by atoms with Crippen LogP contribution in [-0.2, 0) is 4.74 Å². The topological polar surface area (TPSA) is 48.9 Å². The number of para-hydroxylation sites is 1. The minimum absolute atomic E-state index is 0.0613. The third-order valence-corrected chi connectivity index (χ3v) is 4.80. The van der Waals surface area contributed by atoms with E-state index < -0.39 is 11.6 Å². The van der Waals surface area contributed by atoms with Gasteiger partial charge in [0.25, 0.3) is 0 Å². The van der Waals surface area contributed by atoms with E-state index in [9.17, 15) is 8.78 Å². The molecule has 26 heavy (non-hydrogen) atoms. The van der Waals surface area contributed by atoms with E-state index in [-0.39, 0.29) is 11.7 Å². The summed E-state index contributed by atoms with van der Waals surface area (Å²) in [6, 6.07) is 4.08. The van der Waals surface area contributed by atoms with E-state index in [0.717, 1.165) is 38.4 Å². The zero-order chi connectivity index (χ0) is 18.4. The summed E-state index contributed by atoms with van der Waals surface area (Å²) >= 11 is 0. The fourth-order valence-electron chi connectivity index (χ4n) is 3.39. The first-order chi connectivity index (χ1) is 12.7. The van der Waals surface area contributed by atoms with Crippen molar-refractivity contribution in [3.8, 4) is 0 Å². The van der Waals surface area contributed by atoms with Crippen molar-refractivity contribution < 1.29 is 13.5 Å². The number of nitrogens with zero attached hydrogens (tertiary/aromatic N) is 2. The number of hydrogen-bond acceptors (Lipinski definition) is 3. The first kappa shape index (κ1) is 18.6. The molecule has 2 aliphatic heterocycles. The number of hydrogen-bond donors (Lipinski definition) is 2. The minimum atomic E-state index is -0.516. The van der Waals surface area contributed by atoms with Crippen LogP contribution in [0.4, 0.5) is 14.5 Å². The fraction of sp³-hybridized carbons (Fsp3) is 0.526. The Labute approximate surface area is 153 Å². The highest BCUT2D eigenvalue weighted by molar-refractivity contribution is 5.80. The van der Waals surface area contributed by atoms with Crippen LogP contribution in [0.3, 0.4) is 0 Å². The molecular weight excluding hydrogens is 338 g/mol. The molecule has 1 aromatic carbocycles. The molecule has 0 saturated carbocycles. The molecule has 1 atom stereocenters. The van der Waals surface area contributed by atoms with Crippen LogP contribution < -0.4 is 15.5 Å². The summed E-state index contributed by atoms with van der Waals surface area (Å²) in [5, 5.41) is 6.66. The van der Waals surface area contributed by atoms with Crippen molar-refractivity contribution in [2.45, 2.75) is 25.3 Å². The summed E-state index contributed by atoms with van der Waals surface area (Å²) in [7, 11) is 1.73. The fourth-order valence-corrected chi connectivity index (χ4v) is 3.39. The highest BCUT2D eigenvalue weighted by atomic mass is 19.1. The third-order valence-electron chi connectivity index (χ3n) is 4.80. The van der Waals surface area contributed by atoms with E-state index in [0.29, 0.717) is 19.7 Å². The van der Waals surface area contributed by atoms with Gasteiger partial charge >= 0.3 is 0 Å². The quantitative estimate of drug-likeness (QED) is 0.479. The zero-order valence-corrected chi connectivity index (χ0v) is 15.1. The molecule has 3 rings (SSSR count). The predicted molar refractivity (Wildman–Crippen MR) is 99.6 cm³/mol. The molecule has 0 bridgehead atoms. The molecule has 2 aliphatic rings. The molecule has 0 aliphatic carbocycles. The molecule has 1 aromatic rings. The summed E-state index contributed by atoms with van der Waals surface area (Å²) in [5.74, 6) is -0.311. The number of nitrogens with one attached hydrogen (secondary N) is 2. The molecular formula is C19H26F2N4O. The second-order valence-corrected chi connectivity index (χ2v) is 6.58.